The topological polar surface area (TPSA) is 23.6 Å². The fourth-order valence-electron chi connectivity index (χ4n) is 5.96. The van der Waals surface area contributed by atoms with Crippen molar-refractivity contribution < 1.29 is 4.79 Å². The first-order valence-corrected chi connectivity index (χ1v) is 14.2. The number of amides is 1. The van der Waals surface area contributed by atoms with Gasteiger partial charge in [0.25, 0.3) is 5.91 Å². The Labute approximate surface area is 209 Å². The highest BCUT2D eigenvalue weighted by atomic mass is 32.1. The Morgan fingerprint density at radius 1 is 0.853 bits per heavy atom. The summed E-state index contributed by atoms with van der Waals surface area (Å²) >= 11 is 3.58. The van der Waals surface area contributed by atoms with E-state index in [1.807, 2.05) is 35.6 Å². The summed E-state index contributed by atoms with van der Waals surface area (Å²) in [6.07, 6.45) is 2.48. The molecule has 2 saturated heterocycles. The zero-order chi connectivity index (χ0) is 22.9. The van der Waals surface area contributed by atoms with Crippen molar-refractivity contribution in [1.29, 1.82) is 0 Å². The summed E-state index contributed by atoms with van der Waals surface area (Å²) in [6.45, 7) is 5.05. The Bertz CT molecular complexity index is 1240. The molecule has 0 N–H and O–H groups in total. The molecule has 1 amide bonds. The predicted molar refractivity (Wildman–Crippen MR) is 143 cm³/mol. The van der Waals surface area contributed by atoms with E-state index in [9.17, 15) is 4.79 Å². The zero-order valence-corrected chi connectivity index (χ0v) is 20.9. The van der Waals surface area contributed by atoms with Crippen LogP contribution in [0.5, 0.6) is 0 Å². The second-order valence-electron chi connectivity index (χ2n) is 9.79. The summed E-state index contributed by atoms with van der Waals surface area (Å²) < 4.78 is 0. The van der Waals surface area contributed by atoms with Gasteiger partial charge in [-0.2, -0.15) is 22.7 Å². The number of carbonyl (C=O) groups is 1. The molecule has 0 radical (unpaired) electrons. The van der Waals surface area contributed by atoms with Crippen molar-refractivity contribution >= 4 is 39.4 Å². The van der Waals surface area contributed by atoms with Crippen molar-refractivity contribution in [1.82, 2.24) is 9.80 Å². The summed E-state index contributed by atoms with van der Waals surface area (Å²) in [5.74, 6) is 1.78. The summed E-state index contributed by atoms with van der Waals surface area (Å²) in [6, 6.07) is 18.9. The van der Waals surface area contributed by atoms with Crippen LogP contribution < -0.4 is 0 Å². The van der Waals surface area contributed by atoms with E-state index in [4.69, 9.17) is 0 Å². The Morgan fingerprint density at radius 3 is 2.35 bits per heavy atom. The van der Waals surface area contributed by atoms with E-state index in [-0.39, 0.29) is 5.91 Å². The molecule has 0 saturated carbocycles. The maximum atomic E-state index is 13.7. The summed E-state index contributed by atoms with van der Waals surface area (Å²) in [5, 5.41) is 11.2. The van der Waals surface area contributed by atoms with Crippen LogP contribution >= 0.6 is 22.7 Å². The highest BCUT2D eigenvalue weighted by Crippen LogP contribution is 2.37. The molecule has 2 aliphatic rings. The van der Waals surface area contributed by atoms with Gasteiger partial charge in [-0.05, 0) is 99.4 Å². The van der Waals surface area contributed by atoms with Gasteiger partial charge in [0.2, 0.25) is 0 Å². The van der Waals surface area contributed by atoms with Crippen LogP contribution in [0.1, 0.15) is 46.2 Å². The maximum absolute atomic E-state index is 13.7. The molecule has 174 valence electrons. The zero-order valence-electron chi connectivity index (χ0n) is 19.3. The van der Waals surface area contributed by atoms with Crippen LogP contribution in [0.25, 0.3) is 10.8 Å². The molecule has 0 bridgehead atoms. The number of piperidine rings is 1. The molecule has 3 nitrogen and oxygen atoms in total. The van der Waals surface area contributed by atoms with Gasteiger partial charge >= 0.3 is 0 Å². The lowest BCUT2D eigenvalue weighted by atomic mass is 9.88. The molecule has 2 aliphatic heterocycles. The normalized spacial score (nSPS) is 21.9. The summed E-state index contributed by atoms with van der Waals surface area (Å²) in [4.78, 5) is 18.5. The SMILES string of the molecule is O=C(c1cccc2ccccc12)N1CC(CN2CCC(c3ccsc3)CC2)C(c2ccsc2)C1. The van der Waals surface area contributed by atoms with Crippen LogP contribution in [-0.2, 0) is 0 Å². The quantitative estimate of drug-likeness (QED) is 0.313. The first kappa shape index (κ1) is 22.0. The molecule has 6 rings (SSSR count). The first-order chi connectivity index (χ1) is 16.8. The molecule has 4 heterocycles. The number of rotatable bonds is 5. The Balaban J connectivity index is 1.19. The summed E-state index contributed by atoms with van der Waals surface area (Å²) in [5.41, 5.74) is 3.75. The highest BCUT2D eigenvalue weighted by molar-refractivity contribution is 7.08. The number of hydrogen-bond donors (Lipinski definition) is 0. The number of nitrogens with zero attached hydrogens (tertiary/aromatic N) is 2. The average Bonchev–Trinajstić information content (AvgIpc) is 3.66. The lowest BCUT2D eigenvalue weighted by Gasteiger charge is -2.34. The van der Waals surface area contributed by atoms with E-state index in [0.717, 1.165) is 49.1 Å². The first-order valence-electron chi connectivity index (χ1n) is 12.3. The van der Waals surface area contributed by atoms with Crippen molar-refractivity contribution in [3.05, 3.63) is 92.8 Å². The van der Waals surface area contributed by atoms with Crippen LogP contribution in [0.15, 0.2) is 76.1 Å². The van der Waals surface area contributed by atoms with Crippen molar-refractivity contribution in [2.75, 3.05) is 32.7 Å². The van der Waals surface area contributed by atoms with Crippen LogP contribution in [0, 0.1) is 5.92 Å². The Morgan fingerprint density at radius 2 is 1.59 bits per heavy atom. The van der Waals surface area contributed by atoms with E-state index in [1.165, 1.54) is 24.0 Å². The average molecular weight is 487 g/mol. The van der Waals surface area contributed by atoms with E-state index in [1.54, 1.807) is 11.3 Å². The Hall–Kier alpha value is -2.47. The highest BCUT2D eigenvalue weighted by Gasteiger charge is 2.38. The standard InChI is InChI=1S/C29H30N2OS2/c32-29(27-7-3-5-22-4-1-2-6-26(22)27)31-17-25(28(18-31)24-11-15-34-20-24)16-30-12-8-21(9-13-30)23-10-14-33-19-23/h1-7,10-11,14-15,19-21,25,28H,8-9,12-13,16-18H2. The van der Waals surface area contributed by atoms with Gasteiger partial charge in [0.15, 0.2) is 0 Å². The molecule has 2 atom stereocenters. The number of thiophene rings is 2. The minimum atomic E-state index is 0.177. The van der Waals surface area contributed by atoms with Crippen molar-refractivity contribution in [3.8, 4) is 0 Å². The number of fused-ring (bicyclic) bond motifs is 1. The number of likely N-dealkylation sites (tertiary alicyclic amines) is 2. The monoisotopic (exact) mass is 486 g/mol. The largest absolute Gasteiger partial charge is 0.338 e. The molecule has 2 unspecified atom stereocenters. The summed E-state index contributed by atoms with van der Waals surface area (Å²) in [7, 11) is 0. The lowest BCUT2D eigenvalue weighted by molar-refractivity contribution is 0.0783. The maximum Gasteiger partial charge on any atom is 0.254 e. The van der Waals surface area contributed by atoms with Gasteiger partial charge in [0.1, 0.15) is 0 Å². The van der Waals surface area contributed by atoms with Gasteiger partial charge in [-0.25, -0.2) is 0 Å². The van der Waals surface area contributed by atoms with E-state index >= 15 is 0 Å². The van der Waals surface area contributed by atoms with Gasteiger partial charge < -0.3 is 9.80 Å². The molecular formula is C29H30N2OS2. The third-order valence-corrected chi connectivity index (χ3v) is 9.22. The molecule has 0 spiro atoms. The van der Waals surface area contributed by atoms with Gasteiger partial charge in [-0.1, -0.05) is 36.4 Å². The molecule has 34 heavy (non-hydrogen) atoms. The minimum absolute atomic E-state index is 0.177. The van der Waals surface area contributed by atoms with Crippen LogP contribution in [-0.4, -0.2) is 48.4 Å². The molecule has 2 aromatic carbocycles. The van der Waals surface area contributed by atoms with E-state index < -0.39 is 0 Å². The van der Waals surface area contributed by atoms with Gasteiger partial charge in [-0.15, -0.1) is 0 Å². The van der Waals surface area contributed by atoms with Crippen molar-refractivity contribution in [2.24, 2.45) is 5.92 Å². The molecule has 4 aromatic rings. The smallest absolute Gasteiger partial charge is 0.254 e. The van der Waals surface area contributed by atoms with Crippen LogP contribution in [0.4, 0.5) is 0 Å². The van der Waals surface area contributed by atoms with E-state index in [2.05, 4.69) is 61.7 Å². The predicted octanol–water partition coefficient (Wildman–Crippen LogP) is 6.70. The number of benzene rings is 2. The molecular weight excluding hydrogens is 456 g/mol. The third-order valence-electron chi connectivity index (χ3n) is 7.81. The lowest BCUT2D eigenvalue weighted by Crippen LogP contribution is -2.38. The van der Waals surface area contributed by atoms with Crippen molar-refractivity contribution in [2.45, 2.75) is 24.7 Å². The fourth-order valence-corrected chi connectivity index (χ4v) is 7.42. The van der Waals surface area contributed by atoms with Gasteiger partial charge in [0, 0.05) is 31.1 Å². The third kappa shape index (κ3) is 4.33. The molecule has 5 heteroatoms. The molecule has 2 aromatic heterocycles. The second kappa shape index (κ2) is 9.65. The molecule has 2 fully saturated rings. The minimum Gasteiger partial charge on any atom is -0.338 e. The fraction of sp³-hybridized carbons (Fsp3) is 0.345. The number of hydrogen-bond acceptors (Lipinski definition) is 4. The van der Waals surface area contributed by atoms with Gasteiger partial charge in [0.05, 0.1) is 0 Å². The van der Waals surface area contributed by atoms with E-state index in [0.29, 0.717) is 17.8 Å². The Kier molecular flexibility index (Phi) is 6.25. The van der Waals surface area contributed by atoms with Crippen LogP contribution in [0.3, 0.4) is 0 Å². The second-order valence-corrected chi connectivity index (χ2v) is 11.4. The molecule has 0 aliphatic carbocycles. The van der Waals surface area contributed by atoms with Gasteiger partial charge in [-0.3, -0.25) is 4.79 Å². The number of carbonyl (C=O) groups excluding carboxylic acids is 1. The van der Waals surface area contributed by atoms with Crippen LogP contribution in [0.2, 0.25) is 0 Å². The van der Waals surface area contributed by atoms with Crippen molar-refractivity contribution in [3.63, 3.8) is 0 Å².